The van der Waals surface area contributed by atoms with Crippen LogP contribution in [0.3, 0.4) is 0 Å². The Balaban J connectivity index is 0. The molecule has 248 valence electrons. The largest absolute Gasteiger partial charge is 0.550 e. The second-order valence-corrected chi connectivity index (χ2v) is 13.7. The van der Waals surface area contributed by atoms with E-state index in [1.165, 1.54) is 161 Å². The highest BCUT2D eigenvalue weighted by molar-refractivity contribution is 5.72. The van der Waals surface area contributed by atoms with Gasteiger partial charge in [-0.25, -0.2) is 0 Å². The molecular formula is C38H79NO2. The lowest BCUT2D eigenvalue weighted by molar-refractivity contribution is -0.324. The Morgan fingerprint density at radius 3 is 1.07 bits per heavy atom. The predicted octanol–water partition coefficient (Wildman–Crippen LogP) is 12.7. The molecule has 2 unspecified atom stereocenters. The second kappa shape index (κ2) is 30.9. The van der Waals surface area contributed by atoms with Gasteiger partial charge in [-0.2, -0.15) is 0 Å². The summed E-state index contributed by atoms with van der Waals surface area (Å²) in [6.07, 6.45) is 37.6. The van der Waals surface area contributed by atoms with Crippen LogP contribution in [0, 0.1) is 17.3 Å². The zero-order valence-corrected chi connectivity index (χ0v) is 29.5. The summed E-state index contributed by atoms with van der Waals surface area (Å²) < 4.78 is 0. The Labute approximate surface area is 259 Å². The lowest BCUT2D eigenvalue weighted by Crippen LogP contribution is -2.48. The van der Waals surface area contributed by atoms with E-state index in [2.05, 4.69) is 34.6 Å². The summed E-state index contributed by atoms with van der Waals surface area (Å²) in [5.41, 5.74) is -0.636. The van der Waals surface area contributed by atoms with E-state index in [1.54, 1.807) is 0 Å². The van der Waals surface area contributed by atoms with Crippen molar-refractivity contribution < 1.29 is 9.90 Å². The fourth-order valence-electron chi connectivity index (χ4n) is 7.11. The van der Waals surface area contributed by atoms with Gasteiger partial charge in [-0.3, -0.25) is 0 Å². The number of rotatable bonds is 32. The molecule has 0 amide bonds. The quantitative estimate of drug-likeness (QED) is 0.0802. The highest BCUT2D eigenvalue weighted by Crippen LogP contribution is 2.44. The minimum atomic E-state index is -0.776. The lowest BCUT2D eigenvalue weighted by atomic mass is 9.64. The smallest absolute Gasteiger partial charge is 0.0478 e. The number of carbonyl (C=O) groups is 1. The van der Waals surface area contributed by atoms with Crippen LogP contribution in [0.15, 0.2) is 0 Å². The number of quaternary nitrogens is 1. The molecule has 0 heterocycles. The second-order valence-electron chi connectivity index (χ2n) is 13.7. The minimum Gasteiger partial charge on any atom is -0.550 e. The van der Waals surface area contributed by atoms with Crippen molar-refractivity contribution in [2.45, 2.75) is 221 Å². The lowest BCUT2D eigenvalue weighted by Gasteiger charge is -2.44. The summed E-state index contributed by atoms with van der Waals surface area (Å²) in [6.45, 7) is 11.1. The molecule has 0 rings (SSSR count). The highest BCUT2D eigenvalue weighted by atomic mass is 16.4. The molecule has 0 bridgehead atoms. The van der Waals surface area contributed by atoms with E-state index >= 15 is 0 Å². The number of aliphatic carboxylic acids is 1. The molecular weight excluding hydrogens is 502 g/mol. The van der Waals surface area contributed by atoms with Crippen molar-refractivity contribution >= 4 is 5.97 Å². The van der Waals surface area contributed by atoms with Crippen LogP contribution < -0.4 is 11.3 Å². The van der Waals surface area contributed by atoms with Gasteiger partial charge >= 0.3 is 0 Å². The van der Waals surface area contributed by atoms with E-state index in [4.69, 9.17) is 0 Å². The third-order valence-electron chi connectivity index (χ3n) is 9.90. The Bertz CT molecular complexity index is 534. The van der Waals surface area contributed by atoms with E-state index in [9.17, 15) is 9.90 Å². The van der Waals surface area contributed by atoms with Crippen molar-refractivity contribution in [2.75, 3.05) is 0 Å². The summed E-state index contributed by atoms with van der Waals surface area (Å²) in [4.78, 5) is 12.6. The minimum absolute atomic E-state index is 0. The molecule has 0 aromatic heterocycles. The van der Waals surface area contributed by atoms with Gasteiger partial charge in [0.1, 0.15) is 0 Å². The summed E-state index contributed by atoms with van der Waals surface area (Å²) in [5.74, 6) is -0.132. The zero-order valence-electron chi connectivity index (χ0n) is 29.5. The van der Waals surface area contributed by atoms with Crippen molar-refractivity contribution in [2.24, 2.45) is 17.3 Å². The predicted molar refractivity (Wildman–Crippen MR) is 183 cm³/mol. The van der Waals surface area contributed by atoms with Gasteiger partial charge in [-0.15, -0.1) is 0 Å². The van der Waals surface area contributed by atoms with E-state index in [1.807, 2.05) is 0 Å². The third-order valence-corrected chi connectivity index (χ3v) is 9.90. The van der Waals surface area contributed by atoms with E-state index < -0.39 is 11.4 Å². The monoisotopic (exact) mass is 582 g/mol. The van der Waals surface area contributed by atoms with Gasteiger partial charge in [0.25, 0.3) is 0 Å². The van der Waals surface area contributed by atoms with Crippen molar-refractivity contribution in [3.8, 4) is 0 Å². The number of unbranched alkanes of at least 4 members (excludes halogenated alkanes) is 24. The molecule has 0 spiro atoms. The van der Waals surface area contributed by atoms with Gasteiger partial charge in [0.15, 0.2) is 0 Å². The average molecular weight is 582 g/mol. The van der Waals surface area contributed by atoms with Gasteiger partial charge in [0.05, 0.1) is 0 Å². The first kappa shape index (κ1) is 42.6. The first-order valence-corrected chi connectivity index (χ1v) is 18.7. The van der Waals surface area contributed by atoms with Crippen molar-refractivity contribution in [3.63, 3.8) is 0 Å². The molecule has 0 aliphatic heterocycles. The van der Waals surface area contributed by atoms with E-state index in [-0.39, 0.29) is 12.1 Å². The Morgan fingerprint density at radius 2 is 0.805 bits per heavy atom. The maximum Gasteiger partial charge on any atom is 0.0478 e. The molecule has 0 aromatic carbocycles. The van der Waals surface area contributed by atoms with E-state index in [0.29, 0.717) is 5.92 Å². The van der Waals surface area contributed by atoms with Crippen molar-refractivity contribution in [3.05, 3.63) is 0 Å². The maximum atomic E-state index is 12.6. The SMILES string of the molecule is CCCCCCCCCCCCCCCC(C(C)C)C(CC)(CCCCCCCCCCCCCCC)C(=O)[O-].[NH4+]. The zero-order chi connectivity index (χ0) is 29.7. The molecule has 0 radical (unpaired) electrons. The van der Waals surface area contributed by atoms with Crippen LogP contribution in [-0.4, -0.2) is 5.97 Å². The third kappa shape index (κ3) is 22.6. The summed E-state index contributed by atoms with van der Waals surface area (Å²) in [7, 11) is 0. The molecule has 4 N–H and O–H groups in total. The maximum absolute atomic E-state index is 12.6. The average Bonchev–Trinajstić information content (AvgIpc) is 2.94. The van der Waals surface area contributed by atoms with E-state index in [0.717, 1.165) is 25.7 Å². The van der Waals surface area contributed by atoms with Crippen LogP contribution in [0.5, 0.6) is 0 Å². The number of carboxylic acids is 1. The van der Waals surface area contributed by atoms with Crippen LogP contribution in [0.25, 0.3) is 0 Å². The highest BCUT2D eigenvalue weighted by Gasteiger charge is 2.39. The Morgan fingerprint density at radius 1 is 0.512 bits per heavy atom. The molecule has 0 fully saturated rings. The van der Waals surface area contributed by atoms with Gasteiger partial charge < -0.3 is 16.1 Å². The molecule has 0 aliphatic rings. The fraction of sp³-hybridized carbons (Fsp3) is 0.974. The summed E-state index contributed by atoms with van der Waals surface area (Å²) in [5, 5.41) is 12.6. The standard InChI is InChI=1S/C38H76O2.H3N/c1-6-9-11-13-15-17-19-21-23-25-27-29-31-33-36(35(4)5)38(8-3,37(39)40)34-32-30-28-26-24-22-20-18-16-14-12-10-7-2;/h35-36H,6-34H2,1-5H3,(H,39,40);1H3. The molecule has 0 saturated heterocycles. The first-order valence-electron chi connectivity index (χ1n) is 18.7. The number of carbonyl (C=O) groups excluding carboxylic acids is 1. The first-order chi connectivity index (χ1) is 19.5. The van der Waals surface area contributed by atoms with Crippen LogP contribution >= 0.6 is 0 Å². The van der Waals surface area contributed by atoms with Crippen LogP contribution in [0.1, 0.15) is 221 Å². The summed E-state index contributed by atoms with van der Waals surface area (Å²) in [6, 6.07) is 0. The molecule has 3 nitrogen and oxygen atoms in total. The molecule has 41 heavy (non-hydrogen) atoms. The van der Waals surface area contributed by atoms with Crippen LogP contribution in [-0.2, 0) is 4.79 Å². The van der Waals surface area contributed by atoms with Gasteiger partial charge in [-0.1, -0.05) is 202 Å². The topological polar surface area (TPSA) is 76.6 Å². The molecule has 3 heteroatoms. The van der Waals surface area contributed by atoms with Crippen molar-refractivity contribution in [1.29, 1.82) is 0 Å². The number of hydrogen-bond donors (Lipinski definition) is 1. The molecule has 0 aromatic rings. The number of carboxylic acid groups (broad SMARTS) is 1. The van der Waals surface area contributed by atoms with Gasteiger partial charge in [-0.05, 0) is 31.1 Å². The Kier molecular flexibility index (Phi) is 32.0. The van der Waals surface area contributed by atoms with Crippen molar-refractivity contribution in [1.82, 2.24) is 6.15 Å². The fourth-order valence-corrected chi connectivity index (χ4v) is 7.11. The normalized spacial score (nSPS) is 13.7. The van der Waals surface area contributed by atoms with Gasteiger partial charge in [0, 0.05) is 11.4 Å². The molecule has 0 saturated carbocycles. The van der Waals surface area contributed by atoms with Crippen LogP contribution in [0.2, 0.25) is 0 Å². The number of hydrogen-bond acceptors (Lipinski definition) is 2. The molecule has 2 atom stereocenters. The van der Waals surface area contributed by atoms with Crippen LogP contribution in [0.4, 0.5) is 0 Å². The molecule has 0 aliphatic carbocycles. The summed E-state index contributed by atoms with van der Waals surface area (Å²) >= 11 is 0. The Hall–Kier alpha value is -0.570. The van der Waals surface area contributed by atoms with Gasteiger partial charge in [0.2, 0.25) is 0 Å².